The number of ether oxygens (including phenoxy) is 1. The van der Waals surface area contributed by atoms with Crippen molar-refractivity contribution in [1.29, 1.82) is 0 Å². The summed E-state index contributed by atoms with van der Waals surface area (Å²) < 4.78 is 5.58. The van der Waals surface area contributed by atoms with Gasteiger partial charge in [0.2, 0.25) is 0 Å². The number of fused-ring (bicyclic) bond motifs is 2. The molecule has 0 amide bonds. The summed E-state index contributed by atoms with van der Waals surface area (Å²) in [6, 6.07) is 0.721. The first-order chi connectivity index (χ1) is 9.14. The van der Waals surface area contributed by atoms with Crippen LogP contribution in [0.3, 0.4) is 0 Å². The molecule has 0 aromatic heterocycles. The number of hydrogen-bond acceptors (Lipinski definition) is 3. The van der Waals surface area contributed by atoms with Gasteiger partial charge in [-0.25, -0.2) is 0 Å². The molecule has 2 bridgehead atoms. The monoisotopic (exact) mass is 265 g/mol. The zero-order valence-electron chi connectivity index (χ0n) is 12.3. The van der Waals surface area contributed by atoms with E-state index in [0.717, 1.165) is 32.5 Å². The Balaban J connectivity index is 1.82. The zero-order valence-corrected chi connectivity index (χ0v) is 12.3. The Kier molecular flexibility index (Phi) is 5.27. The fourth-order valence-electron chi connectivity index (χ4n) is 3.16. The van der Waals surface area contributed by atoms with Gasteiger partial charge in [-0.1, -0.05) is 19.8 Å². The van der Waals surface area contributed by atoms with Gasteiger partial charge in [-0.15, -0.1) is 11.8 Å². The number of nitrogens with zero attached hydrogens (tertiary/aromatic N) is 1. The molecule has 0 aromatic carbocycles. The van der Waals surface area contributed by atoms with Crippen LogP contribution in [0.2, 0.25) is 0 Å². The maximum atomic E-state index is 10.7. The van der Waals surface area contributed by atoms with Crippen molar-refractivity contribution in [3.63, 3.8) is 0 Å². The van der Waals surface area contributed by atoms with Crippen molar-refractivity contribution in [2.75, 3.05) is 20.3 Å². The summed E-state index contributed by atoms with van der Waals surface area (Å²) in [5.41, 5.74) is -0.594. The van der Waals surface area contributed by atoms with Gasteiger partial charge in [-0.05, 0) is 26.3 Å². The number of unbranched alkanes of at least 4 members (excludes halogenated alkanes) is 3. The van der Waals surface area contributed by atoms with E-state index in [9.17, 15) is 5.11 Å². The fraction of sp³-hybridized carbons (Fsp3) is 0.875. The smallest absolute Gasteiger partial charge is 0.0788 e. The molecule has 19 heavy (non-hydrogen) atoms. The van der Waals surface area contributed by atoms with E-state index in [0.29, 0.717) is 18.5 Å². The van der Waals surface area contributed by atoms with Crippen molar-refractivity contribution in [2.24, 2.45) is 0 Å². The highest BCUT2D eigenvalue weighted by molar-refractivity contribution is 5.08. The van der Waals surface area contributed by atoms with Crippen LogP contribution in [0.5, 0.6) is 0 Å². The second-order valence-corrected chi connectivity index (χ2v) is 6.13. The van der Waals surface area contributed by atoms with Crippen molar-refractivity contribution in [1.82, 2.24) is 4.90 Å². The third-order valence-electron chi connectivity index (χ3n) is 4.45. The third kappa shape index (κ3) is 3.95. The molecule has 2 aliphatic rings. The van der Waals surface area contributed by atoms with E-state index in [-0.39, 0.29) is 0 Å². The van der Waals surface area contributed by atoms with E-state index in [2.05, 4.69) is 30.7 Å². The van der Waals surface area contributed by atoms with Gasteiger partial charge in [0.05, 0.1) is 18.8 Å². The molecule has 2 fully saturated rings. The first-order valence-corrected chi connectivity index (χ1v) is 7.62. The lowest BCUT2D eigenvalue weighted by molar-refractivity contribution is -0.132. The largest absolute Gasteiger partial charge is 0.389 e. The average molecular weight is 265 g/mol. The maximum Gasteiger partial charge on any atom is 0.0788 e. The molecule has 2 heterocycles. The van der Waals surface area contributed by atoms with Crippen LogP contribution >= 0.6 is 0 Å². The minimum absolute atomic E-state index is 0.361. The summed E-state index contributed by atoms with van der Waals surface area (Å²) in [7, 11) is 2.15. The SMILES string of the molecule is CCCCCC#CCC1(O)CC2COCC(C1)N2C. The Labute approximate surface area is 117 Å². The van der Waals surface area contributed by atoms with Gasteiger partial charge in [-0.2, -0.15) is 0 Å². The van der Waals surface area contributed by atoms with Crippen LogP contribution in [0.4, 0.5) is 0 Å². The van der Waals surface area contributed by atoms with Gasteiger partial charge < -0.3 is 9.84 Å². The summed E-state index contributed by atoms with van der Waals surface area (Å²) >= 11 is 0. The van der Waals surface area contributed by atoms with Crippen LogP contribution in [0.25, 0.3) is 0 Å². The molecule has 2 aliphatic heterocycles. The van der Waals surface area contributed by atoms with Crippen molar-refractivity contribution in [3.8, 4) is 11.8 Å². The number of aliphatic hydroxyl groups is 1. The van der Waals surface area contributed by atoms with Crippen LogP contribution < -0.4 is 0 Å². The van der Waals surface area contributed by atoms with Gasteiger partial charge in [0.25, 0.3) is 0 Å². The van der Waals surface area contributed by atoms with E-state index in [1.165, 1.54) is 19.3 Å². The first kappa shape index (κ1) is 14.8. The Morgan fingerprint density at radius 3 is 2.53 bits per heavy atom. The third-order valence-corrected chi connectivity index (χ3v) is 4.45. The lowest BCUT2D eigenvalue weighted by Crippen LogP contribution is -2.60. The number of piperidine rings is 1. The standard InChI is InChI=1S/C16H27NO2/c1-3-4-5-6-7-8-9-16(18)10-14-12-19-13-15(11-16)17(14)2/h14-15,18H,3-6,9-13H2,1-2H3. The van der Waals surface area contributed by atoms with Crippen LogP contribution in [0, 0.1) is 11.8 Å². The molecule has 3 nitrogen and oxygen atoms in total. The van der Waals surface area contributed by atoms with Crippen molar-refractivity contribution in [2.45, 2.75) is 69.6 Å². The summed E-state index contributed by atoms with van der Waals surface area (Å²) in [4.78, 5) is 2.37. The molecule has 0 aromatic rings. The van der Waals surface area contributed by atoms with Gasteiger partial charge >= 0.3 is 0 Å². The van der Waals surface area contributed by atoms with Gasteiger partial charge in [-0.3, -0.25) is 4.90 Å². The first-order valence-electron chi connectivity index (χ1n) is 7.62. The summed E-state index contributed by atoms with van der Waals surface area (Å²) in [6.45, 7) is 3.70. The Morgan fingerprint density at radius 1 is 1.21 bits per heavy atom. The Hall–Kier alpha value is -0.560. The molecule has 1 N–H and O–H groups in total. The molecule has 2 saturated heterocycles. The van der Waals surface area contributed by atoms with Crippen LogP contribution in [0.15, 0.2) is 0 Å². The number of morpholine rings is 1. The van der Waals surface area contributed by atoms with Gasteiger partial charge in [0.1, 0.15) is 0 Å². The minimum atomic E-state index is -0.594. The second kappa shape index (κ2) is 6.74. The maximum absolute atomic E-state index is 10.7. The molecular formula is C16H27NO2. The molecule has 0 saturated carbocycles. The highest BCUT2D eigenvalue weighted by atomic mass is 16.5. The molecule has 0 spiro atoms. The quantitative estimate of drug-likeness (QED) is 0.625. The molecule has 3 heteroatoms. The topological polar surface area (TPSA) is 32.7 Å². The zero-order chi connectivity index (χ0) is 13.7. The summed E-state index contributed by atoms with van der Waals surface area (Å²) in [5.74, 6) is 6.41. The molecule has 0 radical (unpaired) electrons. The average Bonchev–Trinajstić information content (AvgIpc) is 2.36. The van der Waals surface area contributed by atoms with E-state index in [1.807, 2.05) is 0 Å². The van der Waals surface area contributed by atoms with E-state index < -0.39 is 5.60 Å². The number of hydrogen-bond donors (Lipinski definition) is 1. The normalized spacial score (nSPS) is 34.7. The summed E-state index contributed by atoms with van der Waals surface area (Å²) in [6.07, 6.45) is 6.86. The minimum Gasteiger partial charge on any atom is -0.389 e. The van der Waals surface area contributed by atoms with Crippen molar-refractivity contribution < 1.29 is 9.84 Å². The van der Waals surface area contributed by atoms with Gasteiger partial charge in [0, 0.05) is 24.9 Å². The lowest BCUT2D eigenvalue weighted by Gasteiger charge is -2.49. The summed E-state index contributed by atoms with van der Waals surface area (Å²) in [5, 5.41) is 10.7. The molecule has 2 unspecified atom stereocenters. The van der Waals surface area contributed by atoms with Crippen LogP contribution in [-0.2, 0) is 4.74 Å². The number of rotatable bonds is 4. The Morgan fingerprint density at radius 2 is 1.89 bits per heavy atom. The van der Waals surface area contributed by atoms with Crippen LogP contribution in [-0.4, -0.2) is 48.0 Å². The van der Waals surface area contributed by atoms with Crippen molar-refractivity contribution >= 4 is 0 Å². The molecule has 108 valence electrons. The fourth-order valence-corrected chi connectivity index (χ4v) is 3.16. The van der Waals surface area contributed by atoms with Crippen LogP contribution in [0.1, 0.15) is 51.9 Å². The highest BCUT2D eigenvalue weighted by Gasteiger charge is 2.44. The predicted octanol–water partition coefficient (Wildman–Crippen LogP) is 2.18. The molecule has 0 aliphatic carbocycles. The Bertz CT molecular complexity index is 330. The molecule has 2 atom stereocenters. The second-order valence-electron chi connectivity index (χ2n) is 6.13. The molecular weight excluding hydrogens is 238 g/mol. The predicted molar refractivity (Wildman–Crippen MR) is 76.9 cm³/mol. The van der Waals surface area contributed by atoms with Crippen molar-refractivity contribution in [3.05, 3.63) is 0 Å². The molecule has 2 rings (SSSR count). The van der Waals surface area contributed by atoms with E-state index >= 15 is 0 Å². The highest BCUT2D eigenvalue weighted by Crippen LogP contribution is 2.35. The van der Waals surface area contributed by atoms with Gasteiger partial charge in [0.15, 0.2) is 0 Å². The lowest BCUT2D eigenvalue weighted by atomic mass is 9.79. The number of likely N-dealkylation sites (N-methyl/N-ethyl adjacent to an activating group) is 1. The van der Waals surface area contributed by atoms with E-state index in [1.54, 1.807) is 0 Å². The van der Waals surface area contributed by atoms with E-state index in [4.69, 9.17) is 4.74 Å².